The van der Waals surface area contributed by atoms with E-state index in [-0.39, 0.29) is 5.91 Å². The number of carbonyl (C=O) groups is 1. The van der Waals surface area contributed by atoms with Crippen LogP contribution in [-0.2, 0) is 0 Å². The van der Waals surface area contributed by atoms with Crippen molar-refractivity contribution in [2.45, 2.75) is 13.8 Å². The van der Waals surface area contributed by atoms with Gasteiger partial charge in [0.15, 0.2) is 0 Å². The van der Waals surface area contributed by atoms with Gasteiger partial charge in [0.2, 0.25) is 0 Å². The quantitative estimate of drug-likeness (QED) is 0.423. The Balaban J connectivity index is 1.61. The first-order valence-electron chi connectivity index (χ1n) is 9.30. The summed E-state index contributed by atoms with van der Waals surface area (Å²) in [6.45, 7) is 3.94. The van der Waals surface area contributed by atoms with Crippen molar-refractivity contribution in [3.05, 3.63) is 94.6 Å². The highest BCUT2D eigenvalue weighted by molar-refractivity contribution is 6.33. The first-order chi connectivity index (χ1) is 14.0. The Hall–Kier alpha value is -3.37. The number of rotatable bonds is 4. The van der Waals surface area contributed by atoms with Crippen LogP contribution in [0.4, 0.5) is 5.69 Å². The summed E-state index contributed by atoms with van der Waals surface area (Å²) in [4.78, 5) is 20.5. The monoisotopic (exact) mass is 401 g/mol. The summed E-state index contributed by atoms with van der Waals surface area (Å²) in [5.41, 5.74) is 6.05. The predicted octanol–water partition coefficient (Wildman–Crippen LogP) is 6.27. The first kappa shape index (κ1) is 19.0. The molecule has 0 atom stereocenters. The van der Waals surface area contributed by atoms with Crippen molar-refractivity contribution in [3.63, 3.8) is 0 Å². The standard InChI is InChI=1S/C24H20ClN3O/c1-15-8-10-19(16(2)12-15)24(29)27-18-9-11-21(25)20(13-18)23-26-14-22(28-23)17-6-4-3-5-7-17/h3-14H,1-2H3,(H,26,28)(H,27,29). The highest BCUT2D eigenvalue weighted by Crippen LogP contribution is 2.30. The molecule has 144 valence electrons. The minimum absolute atomic E-state index is 0.153. The van der Waals surface area contributed by atoms with E-state index in [0.29, 0.717) is 22.1 Å². The van der Waals surface area contributed by atoms with Gasteiger partial charge in [-0.2, -0.15) is 0 Å². The van der Waals surface area contributed by atoms with Gasteiger partial charge >= 0.3 is 0 Å². The number of halogens is 1. The van der Waals surface area contributed by atoms with E-state index in [4.69, 9.17) is 11.6 Å². The largest absolute Gasteiger partial charge is 0.338 e. The van der Waals surface area contributed by atoms with Crippen LogP contribution in [0.5, 0.6) is 0 Å². The number of carbonyl (C=O) groups excluding carboxylic acids is 1. The fourth-order valence-electron chi connectivity index (χ4n) is 3.27. The molecule has 1 heterocycles. The summed E-state index contributed by atoms with van der Waals surface area (Å²) >= 11 is 6.41. The third kappa shape index (κ3) is 4.08. The molecular formula is C24H20ClN3O. The fourth-order valence-corrected chi connectivity index (χ4v) is 3.48. The number of aryl methyl sites for hydroxylation is 2. The molecule has 4 rings (SSSR count). The lowest BCUT2D eigenvalue weighted by Gasteiger charge is -2.10. The molecule has 0 spiro atoms. The Labute approximate surface area is 174 Å². The SMILES string of the molecule is Cc1ccc(C(=O)Nc2ccc(Cl)c(-c3ncc(-c4ccccc4)[nH]3)c2)c(C)c1. The van der Waals surface area contributed by atoms with Crippen molar-refractivity contribution in [3.8, 4) is 22.6 Å². The zero-order valence-electron chi connectivity index (χ0n) is 16.2. The number of aromatic amines is 1. The van der Waals surface area contributed by atoms with Gasteiger partial charge in [0.05, 0.1) is 16.9 Å². The first-order valence-corrected chi connectivity index (χ1v) is 9.68. The lowest BCUT2D eigenvalue weighted by molar-refractivity contribution is 0.102. The molecule has 4 aromatic rings. The molecular weight excluding hydrogens is 382 g/mol. The Morgan fingerprint density at radius 2 is 1.79 bits per heavy atom. The second-order valence-electron chi connectivity index (χ2n) is 6.98. The van der Waals surface area contributed by atoms with Gasteiger partial charge in [-0.3, -0.25) is 4.79 Å². The van der Waals surface area contributed by atoms with Crippen LogP contribution in [0.2, 0.25) is 5.02 Å². The molecule has 0 unspecified atom stereocenters. The lowest BCUT2D eigenvalue weighted by Crippen LogP contribution is -2.13. The van der Waals surface area contributed by atoms with E-state index in [1.54, 1.807) is 18.3 Å². The van der Waals surface area contributed by atoms with Gasteiger partial charge in [0, 0.05) is 16.8 Å². The lowest BCUT2D eigenvalue weighted by atomic mass is 10.0. The van der Waals surface area contributed by atoms with Gasteiger partial charge < -0.3 is 10.3 Å². The minimum atomic E-state index is -0.153. The van der Waals surface area contributed by atoms with Gasteiger partial charge in [-0.1, -0.05) is 59.6 Å². The van der Waals surface area contributed by atoms with Crippen molar-refractivity contribution in [2.75, 3.05) is 5.32 Å². The van der Waals surface area contributed by atoms with Crippen LogP contribution in [-0.4, -0.2) is 15.9 Å². The second kappa shape index (κ2) is 7.94. The summed E-state index contributed by atoms with van der Waals surface area (Å²) in [6.07, 6.45) is 1.78. The van der Waals surface area contributed by atoms with E-state index >= 15 is 0 Å². The van der Waals surface area contributed by atoms with E-state index in [9.17, 15) is 4.79 Å². The number of hydrogen-bond donors (Lipinski definition) is 2. The van der Waals surface area contributed by atoms with Crippen molar-refractivity contribution < 1.29 is 4.79 Å². The van der Waals surface area contributed by atoms with Crippen LogP contribution >= 0.6 is 11.6 Å². The minimum Gasteiger partial charge on any atom is -0.338 e. The number of nitrogens with zero attached hydrogens (tertiary/aromatic N) is 1. The summed E-state index contributed by atoms with van der Waals surface area (Å²) in [6, 6.07) is 21.1. The number of amides is 1. The van der Waals surface area contributed by atoms with Crippen LogP contribution in [0, 0.1) is 13.8 Å². The maximum Gasteiger partial charge on any atom is 0.255 e. The van der Waals surface area contributed by atoms with Crippen LogP contribution in [0.15, 0.2) is 72.9 Å². The zero-order valence-corrected chi connectivity index (χ0v) is 16.9. The number of nitrogens with one attached hydrogen (secondary N) is 2. The Morgan fingerprint density at radius 3 is 2.55 bits per heavy atom. The number of aromatic nitrogens is 2. The Kier molecular flexibility index (Phi) is 5.19. The van der Waals surface area contributed by atoms with E-state index in [0.717, 1.165) is 27.9 Å². The Bertz CT molecular complexity index is 1180. The molecule has 0 aliphatic rings. The summed E-state index contributed by atoms with van der Waals surface area (Å²) in [7, 11) is 0. The average Bonchev–Trinajstić information content (AvgIpc) is 3.20. The van der Waals surface area contributed by atoms with E-state index < -0.39 is 0 Å². The van der Waals surface area contributed by atoms with Crippen molar-refractivity contribution in [1.29, 1.82) is 0 Å². The van der Waals surface area contributed by atoms with E-state index in [1.165, 1.54) is 0 Å². The number of hydrogen-bond acceptors (Lipinski definition) is 2. The molecule has 3 aromatic carbocycles. The van der Waals surface area contributed by atoms with Crippen LogP contribution < -0.4 is 5.32 Å². The van der Waals surface area contributed by atoms with E-state index in [1.807, 2.05) is 68.4 Å². The third-order valence-electron chi connectivity index (χ3n) is 4.77. The smallest absolute Gasteiger partial charge is 0.255 e. The topological polar surface area (TPSA) is 57.8 Å². The van der Waals surface area contributed by atoms with Crippen molar-refractivity contribution in [2.24, 2.45) is 0 Å². The highest BCUT2D eigenvalue weighted by atomic mass is 35.5. The molecule has 1 amide bonds. The van der Waals surface area contributed by atoms with Gasteiger partial charge in [0.25, 0.3) is 5.91 Å². The molecule has 0 aliphatic carbocycles. The van der Waals surface area contributed by atoms with Crippen LogP contribution in [0.3, 0.4) is 0 Å². The highest BCUT2D eigenvalue weighted by Gasteiger charge is 2.13. The Morgan fingerprint density at radius 1 is 1.00 bits per heavy atom. The molecule has 0 radical (unpaired) electrons. The molecule has 29 heavy (non-hydrogen) atoms. The summed E-state index contributed by atoms with van der Waals surface area (Å²) in [5.74, 6) is 0.497. The number of anilines is 1. The molecule has 5 heteroatoms. The van der Waals surface area contributed by atoms with Gasteiger partial charge in [-0.05, 0) is 49.2 Å². The predicted molar refractivity (Wildman–Crippen MR) is 118 cm³/mol. The molecule has 0 aliphatic heterocycles. The molecule has 0 saturated heterocycles. The third-order valence-corrected chi connectivity index (χ3v) is 5.10. The van der Waals surface area contributed by atoms with Gasteiger partial charge in [0.1, 0.15) is 5.82 Å². The molecule has 1 aromatic heterocycles. The van der Waals surface area contributed by atoms with Crippen molar-refractivity contribution in [1.82, 2.24) is 9.97 Å². The van der Waals surface area contributed by atoms with Crippen LogP contribution in [0.25, 0.3) is 22.6 Å². The van der Waals surface area contributed by atoms with Crippen molar-refractivity contribution >= 4 is 23.2 Å². The number of imidazole rings is 1. The molecule has 0 saturated carbocycles. The molecule has 4 nitrogen and oxygen atoms in total. The molecule has 0 fully saturated rings. The average molecular weight is 402 g/mol. The summed E-state index contributed by atoms with van der Waals surface area (Å²) in [5, 5.41) is 3.51. The number of benzene rings is 3. The second-order valence-corrected chi connectivity index (χ2v) is 7.39. The van der Waals surface area contributed by atoms with Crippen LogP contribution in [0.1, 0.15) is 21.5 Å². The number of H-pyrrole nitrogens is 1. The fraction of sp³-hybridized carbons (Fsp3) is 0.0833. The maximum absolute atomic E-state index is 12.7. The van der Waals surface area contributed by atoms with E-state index in [2.05, 4.69) is 15.3 Å². The normalized spacial score (nSPS) is 10.7. The zero-order chi connectivity index (χ0) is 20.4. The molecule has 0 bridgehead atoms. The summed E-state index contributed by atoms with van der Waals surface area (Å²) < 4.78 is 0. The van der Waals surface area contributed by atoms with Gasteiger partial charge in [-0.15, -0.1) is 0 Å². The maximum atomic E-state index is 12.7. The van der Waals surface area contributed by atoms with Gasteiger partial charge in [-0.25, -0.2) is 4.98 Å². The molecule has 2 N–H and O–H groups in total.